The molecule has 0 aliphatic heterocycles. The van der Waals surface area contributed by atoms with Crippen LogP contribution in [0.15, 0.2) is 54.6 Å². The number of hydrogen-bond acceptors (Lipinski definition) is 4. The SMILES string of the molecule is COc1cccc(-c2c(-c3ccccc3)nn(C[C@H]3CC[C@@H](COCC(=O)O)CC3)c2C(F)(F)F)c1. The first-order valence-corrected chi connectivity index (χ1v) is 11.9. The van der Waals surface area contributed by atoms with E-state index in [2.05, 4.69) is 5.10 Å². The molecule has 36 heavy (non-hydrogen) atoms. The number of rotatable bonds is 9. The van der Waals surface area contributed by atoms with Crippen molar-refractivity contribution in [3.63, 3.8) is 0 Å². The maximum Gasteiger partial charge on any atom is 0.433 e. The average Bonchev–Trinajstić information content (AvgIpc) is 3.25. The van der Waals surface area contributed by atoms with Gasteiger partial charge in [-0.2, -0.15) is 18.3 Å². The van der Waals surface area contributed by atoms with Gasteiger partial charge in [-0.25, -0.2) is 4.79 Å². The third-order valence-corrected chi connectivity index (χ3v) is 6.60. The van der Waals surface area contributed by atoms with Crippen LogP contribution in [0.1, 0.15) is 31.4 Å². The Bertz CT molecular complexity index is 1170. The Hall–Kier alpha value is -3.33. The quantitative estimate of drug-likeness (QED) is 0.380. The van der Waals surface area contributed by atoms with Gasteiger partial charge < -0.3 is 14.6 Å². The molecule has 0 spiro atoms. The van der Waals surface area contributed by atoms with Gasteiger partial charge in [0.25, 0.3) is 0 Å². The molecule has 3 aromatic rings. The third kappa shape index (κ3) is 6.07. The van der Waals surface area contributed by atoms with E-state index < -0.39 is 17.8 Å². The Labute approximate surface area is 207 Å². The molecule has 1 aromatic heterocycles. The second-order valence-electron chi connectivity index (χ2n) is 9.15. The summed E-state index contributed by atoms with van der Waals surface area (Å²) in [5.74, 6) is -0.296. The van der Waals surface area contributed by atoms with Crippen molar-refractivity contribution in [3.8, 4) is 28.1 Å². The Balaban J connectivity index is 1.66. The summed E-state index contributed by atoms with van der Waals surface area (Å²) in [6.45, 7) is 0.172. The monoisotopic (exact) mass is 502 g/mol. The summed E-state index contributed by atoms with van der Waals surface area (Å²) in [7, 11) is 1.48. The number of carboxylic acids is 1. The van der Waals surface area contributed by atoms with E-state index in [1.165, 1.54) is 7.11 Å². The lowest BCUT2D eigenvalue weighted by Crippen LogP contribution is -2.25. The zero-order valence-corrected chi connectivity index (χ0v) is 20.0. The molecule has 0 saturated heterocycles. The molecular weight excluding hydrogens is 473 g/mol. The lowest BCUT2D eigenvalue weighted by molar-refractivity contribution is -0.144. The van der Waals surface area contributed by atoms with Crippen molar-refractivity contribution in [2.24, 2.45) is 11.8 Å². The zero-order chi connectivity index (χ0) is 25.7. The van der Waals surface area contributed by atoms with Crippen LogP contribution in [-0.2, 0) is 22.3 Å². The summed E-state index contributed by atoms with van der Waals surface area (Å²) >= 11 is 0. The van der Waals surface area contributed by atoms with Crippen molar-refractivity contribution >= 4 is 5.97 Å². The highest BCUT2D eigenvalue weighted by atomic mass is 19.4. The number of hydrogen-bond donors (Lipinski definition) is 1. The first-order chi connectivity index (χ1) is 17.3. The molecule has 1 aliphatic carbocycles. The second-order valence-corrected chi connectivity index (χ2v) is 9.15. The highest BCUT2D eigenvalue weighted by Crippen LogP contribution is 2.44. The molecule has 6 nitrogen and oxygen atoms in total. The molecule has 0 bridgehead atoms. The van der Waals surface area contributed by atoms with Crippen LogP contribution in [0, 0.1) is 11.8 Å². The van der Waals surface area contributed by atoms with E-state index in [0.29, 0.717) is 23.5 Å². The number of benzene rings is 2. The first kappa shape index (κ1) is 25.8. The number of halogens is 3. The van der Waals surface area contributed by atoms with Crippen LogP contribution >= 0.6 is 0 Å². The van der Waals surface area contributed by atoms with Crippen molar-refractivity contribution in [2.75, 3.05) is 20.3 Å². The Morgan fingerprint density at radius 3 is 2.33 bits per heavy atom. The van der Waals surface area contributed by atoms with E-state index in [9.17, 15) is 18.0 Å². The molecule has 0 unspecified atom stereocenters. The van der Waals surface area contributed by atoms with E-state index in [0.717, 1.165) is 30.4 Å². The standard InChI is InChI=1S/C27H29F3N2O4/c1-35-22-9-5-8-21(14-22)24-25(20-6-3-2-4-7-20)31-32(26(24)27(28,29)30)15-18-10-12-19(13-11-18)16-36-17-23(33)34/h2-9,14,18-19H,10-13,15-17H2,1H3,(H,33,34)/t18-,19+. The summed E-state index contributed by atoms with van der Waals surface area (Å²) in [4.78, 5) is 10.6. The fourth-order valence-corrected chi connectivity index (χ4v) is 4.87. The maximum absolute atomic E-state index is 14.6. The molecule has 0 atom stereocenters. The third-order valence-electron chi connectivity index (χ3n) is 6.60. The van der Waals surface area contributed by atoms with Gasteiger partial charge in [0.15, 0.2) is 5.69 Å². The van der Waals surface area contributed by atoms with Crippen LogP contribution < -0.4 is 4.74 Å². The molecule has 1 saturated carbocycles. The van der Waals surface area contributed by atoms with Crippen molar-refractivity contribution in [2.45, 2.75) is 38.4 Å². The van der Waals surface area contributed by atoms with Gasteiger partial charge in [0.1, 0.15) is 18.1 Å². The largest absolute Gasteiger partial charge is 0.497 e. The molecule has 192 valence electrons. The Kier molecular flexibility index (Phi) is 7.98. The lowest BCUT2D eigenvalue weighted by atomic mass is 9.82. The van der Waals surface area contributed by atoms with Gasteiger partial charge >= 0.3 is 12.1 Å². The maximum atomic E-state index is 14.6. The number of nitrogens with zero attached hydrogens (tertiary/aromatic N) is 2. The van der Waals surface area contributed by atoms with Gasteiger partial charge in [-0.1, -0.05) is 42.5 Å². The van der Waals surface area contributed by atoms with Crippen molar-refractivity contribution in [1.82, 2.24) is 9.78 Å². The summed E-state index contributed by atoms with van der Waals surface area (Å²) in [5.41, 5.74) is 0.571. The van der Waals surface area contributed by atoms with Gasteiger partial charge in [-0.05, 0) is 55.2 Å². The number of aromatic nitrogens is 2. The molecule has 2 aromatic carbocycles. The van der Waals surface area contributed by atoms with Crippen molar-refractivity contribution in [1.29, 1.82) is 0 Å². The van der Waals surface area contributed by atoms with Gasteiger partial charge in [-0.15, -0.1) is 0 Å². The van der Waals surface area contributed by atoms with E-state index >= 15 is 0 Å². The van der Waals surface area contributed by atoms with Gasteiger partial charge in [-0.3, -0.25) is 4.68 Å². The minimum Gasteiger partial charge on any atom is -0.497 e. The Morgan fingerprint density at radius 1 is 1.03 bits per heavy atom. The Morgan fingerprint density at radius 2 is 1.69 bits per heavy atom. The van der Waals surface area contributed by atoms with Gasteiger partial charge in [0, 0.05) is 17.7 Å². The number of ether oxygens (including phenoxy) is 2. The summed E-state index contributed by atoms with van der Waals surface area (Å²) in [5, 5.41) is 13.3. The van der Waals surface area contributed by atoms with Gasteiger partial charge in [0.2, 0.25) is 0 Å². The van der Waals surface area contributed by atoms with Crippen LogP contribution in [-0.4, -0.2) is 41.2 Å². The molecule has 1 fully saturated rings. The summed E-state index contributed by atoms with van der Waals surface area (Å²) < 4.78 is 55.3. The molecule has 1 heterocycles. The second kappa shape index (κ2) is 11.2. The molecule has 4 rings (SSSR count). The molecule has 9 heteroatoms. The summed E-state index contributed by atoms with van der Waals surface area (Å²) in [6.07, 6.45) is -1.59. The predicted octanol–water partition coefficient (Wildman–Crippen LogP) is 6.15. The zero-order valence-electron chi connectivity index (χ0n) is 20.0. The highest BCUT2D eigenvalue weighted by Gasteiger charge is 2.41. The topological polar surface area (TPSA) is 73.6 Å². The number of alkyl halides is 3. The number of carboxylic acid groups (broad SMARTS) is 1. The highest BCUT2D eigenvalue weighted by molar-refractivity contribution is 5.83. The van der Waals surface area contributed by atoms with Crippen LogP contribution in [0.3, 0.4) is 0 Å². The lowest BCUT2D eigenvalue weighted by Gasteiger charge is -2.28. The fraction of sp³-hybridized carbons (Fsp3) is 0.407. The molecule has 0 radical (unpaired) electrons. The molecular formula is C27H29F3N2O4. The predicted molar refractivity (Wildman–Crippen MR) is 129 cm³/mol. The summed E-state index contributed by atoms with van der Waals surface area (Å²) in [6, 6.07) is 15.5. The minimum absolute atomic E-state index is 0.0310. The van der Waals surface area contributed by atoms with Crippen LogP contribution in [0.2, 0.25) is 0 Å². The molecule has 1 N–H and O–H groups in total. The van der Waals surface area contributed by atoms with Crippen LogP contribution in [0.25, 0.3) is 22.4 Å². The van der Waals surface area contributed by atoms with E-state index in [4.69, 9.17) is 14.6 Å². The normalized spacial score (nSPS) is 18.2. The fourth-order valence-electron chi connectivity index (χ4n) is 4.87. The first-order valence-electron chi connectivity index (χ1n) is 11.9. The minimum atomic E-state index is -4.61. The smallest absolute Gasteiger partial charge is 0.433 e. The van der Waals surface area contributed by atoms with E-state index in [1.807, 2.05) is 6.07 Å². The van der Waals surface area contributed by atoms with Crippen molar-refractivity contribution < 1.29 is 32.5 Å². The number of methoxy groups -OCH3 is 1. The van der Waals surface area contributed by atoms with E-state index in [1.54, 1.807) is 48.5 Å². The molecule has 0 amide bonds. The van der Waals surface area contributed by atoms with Crippen LogP contribution in [0.5, 0.6) is 5.75 Å². The van der Waals surface area contributed by atoms with Crippen molar-refractivity contribution in [3.05, 3.63) is 60.3 Å². The molecule has 1 aliphatic rings. The average molecular weight is 503 g/mol. The number of aliphatic carboxylic acids is 1. The van der Waals surface area contributed by atoms with E-state index in [-0.39, 0.29) is 36.2 Å². The number of carbonyl (C=O) groups is 1. The van der Waals surface area contributed by atoms with Crippen LogP contribution in [0.4, 0.5) is 13.2 Å². The van der Waals surface area contributed by atoms with Gasteiger partial charge in [0.05, 0.1) is 13.7 Å².